The highest BCUT2D eigenvalue weighted by atomic mass is 15.3. The molecule has 1 aromatic heterocycles. The first-order valence-electron chi connectivity index (χ1n) is 6.90. The summed E-state index contributed by atoms with van der Waals surface area (Å²) in [5.74, 6) is 1.84. The van der Waals surface area contributed by atoms with E-state index in [1.54, 1.807) is 11.0 Å². The molecule has 4 nitrogen and oxygen atoms in total. The second kappa shape index (κ2) is 6.74. The van der Waals surface area contributed by atoms with Crippen LogP contribution in [0.1, 0.15) is 44.3 Å². The molecule has 1 N–H and O–H groups in total. The van der Waals surface area contributed by atoms with Crippen LogP contribution in [0.3, 0.4) is 0 Å². The van der Waals surface area contributed by atoms with E-state index in [9.17, 15) is 0 Å². The second-order valence-corrected chi connectivity index (χ2v) is 5.15. The van der Waals surface area contributed by atoms with Crippen molar-refractivity contribution in [1.29, 1.82) is 0 Å². The summed E-state index contributed by atoms with van der Waals surface area (Å²) in [6, 6.07) is 0. The fourth-order valence-electron chi connectivity index (χ4n) is 2.57. The highest BCUT2D eigenvalue weighted by Crippen LogP contribution is 2.21. The van der Waals surface area contributed by atoms with Gasteiger partial charge in [0.2, 0.25) is 0 Å². The van der Waals surface area contributed by atoms with E-state index >= 15 is 0 Å². The Kier molecular flexibility index (Phi) is 4.98. The van der Waals surface area contributed by atoms with Gasteiger partial charge in [0.15, 0.2) is 5.82 Å². The van der Waals surface area contributed by atoms with Crippen molar-refractivity contribution in [2.45, 2.75) is 44.9 Å². The third-order valence-corrected chi connectivity index (χ3v) is 3.58. The standard InChI is InChI=1S/C13H24N4/c1-17-11-15-13(16-17)8-9-14-10-12-6-4-2-3-5-7-12/h11-12,14H,2-10H2,1H3. The van der Waals surface area contributed by atoms with Crippen LogP contribution in [0.25, 0.3) is 0 Å². The second-order valence-electron chi connectivity index (χ2n) is 5.15. The largest absolute Gasteiger partial charge is 0.316 e. The smallest absolute Gasteiger partial charge is 0.151 e. The van der Waals surface area contributed by atoms with Crippen molar-refractivity contribution >= 4 is 0 Å². The van der Waals surface area contributed by atoms with Crippen LogP contribution in [0, 0.1) is 5.92 Å². The van der Waals surface area contributed by atoms with E-state index in [-0.39, 0.29) is 0 Å². The number of rotatable bonds is 5. The van der Waals surface area contributed by atoms with Crippen LogP contribution in [0.2, 0.25) is 0 Å². The van der Waals surface area contributed by atoms with Gasteiger partial charge in [0, 0.05) is 20.0 Å². The third-order valence-electron chi connectivity index (χ3n) is 3.58. The summed E-state index contributed by atoms with van der Waals surface area (Å²) in [4.78, 5) is 4.23. The number of hydrogen-bond donors (Lipinski definition) is 1. The third kappa shape index (κ3) is 4.46. The first-order valence-corrected chi connectivity index (χ1v) is 6.90. The van der Waals surface area contributed by atoms with E-state index in [1.807, 2.05) is 7.05 Å². The molecule has 1 saturated carbocycles. The maximum Gasteiger partial charge on any atom is 0.151 e. The average molecular weight is 236 g/mol. The van der Waals surface area contributed by atoms with Gasteiger partial charge in [-0.1, -0.05) is 25.7 Å². The Morgan fingerprint density at radius 3 is 2.71 bits per heavy atom. The lowest BCUT2D eigenvalue weighted by atomic mass is 10.0. The molecule has 1 aliphatic rings. The molecule has 0 amide bonds. The number of aryl methyl sites for hydroxylation is 1. The quantitative estimate of drug-likeness (QED) is 0.627. The molecule has 0 unspecified atom stereocenters. The lowest BCUT2D eigenvalue weighted by molar-refractivity contribution is 0.426. The Morgan fingerprint density at radius 2 is 2.06 bits per heavy atom. The number of aromatic nitrogens is 3. The molecule has 1 aliphatic carbocycles. The van der Waals surface area contributed by atoms with E-state index in [2.05, 4.69) is 15.4 Å². The number of hydrogen-bond acceptors (Lipinski definition) is 3. The molecule has 0 radical (unpaired) electrons. The predicted octanol–water partition coefficient (Wildman–Crippen LogP) is 1.92. The van der Waals surface area contributed by atoms with Crippen molar-refractivity contribution in [3.8, 4) is 0 Å². The van der Waals surface area contributed by atoms with Gasteiger partial charge in [-0.25, -0.2) is 4.98 Å². The minimum atomic E-state index is 0.897. The van der Waals surface area contributed by atoms with Crippen LogP contribution in [-0.2, 0) is 13.5 Å². The van der Waals surface area contributed by atoms with Crippen LogP contribution in [0.15, 0.2) is 6.33 Å². The van der Waals surface area contributed by atoms with Gasteiger partial charge in [-0.05, 0) is 25.3 Å². The summed E-state index contributed by atoms with van der Waals surface area (Å²) < 4.78 is 1.76. The fourth-order valence-corrected chi connectivity index (χ4v) is 2.57. The molecule has 17 heavy (non-hydrogen) atoms. The molecule has 1 aromatic rings. The molecule has 1 heterocycles. The Hall–Kier alpha value is -0.900. The van der Waals surface area contributed by atoms with Gasteiger partial charge in [0.1, 0.15) is 6.33 Å². The first kappa shape index (κ1) is 12.6. The zero-order chi connectivity index (χ0) is 11.9. The molecule has 0 aliphatic heterocycles. The average Bonchev–Trinajstić information content (AvgIpc) is 2.59. The Morgan fingerprint density at radius 1 is 1.29 bits per heavy atom. The van der Waals surface area contributed by atoms with Gasteiger partial charge < -0.3 is 5.32 Å². The monoisotopic (exact) mass is 236 g/mol. The molecule has 4 heteroatoms. The van der Waals surface area contributed by atoms with Crippen LogP contribution in [0.5, 0.6) is 0 Å². The van der Waals surface area contributed by atoms with Crippen molar-refractivity contribution in [3.63, 3.8) is 0 Å². The Balaban J connectivity index is 1.59. The van der Waals surface area contributed by atoms with Crippen LogP contribution in [0.4, 0.5) is 0 Å². The summed E-state index contributed by atoms with van der Waals surface area (Å²) in [7, 11) is 1.91. The summed E-state index contributed by atoms with van der Waals surface area (Å²) in [6.07, 6.45) is 11.3. The Bertz CT molecular complexity index is 313. The van der Waals surface area contributed by atoms with Crippen LogP contribution >= 0.6 is 0 Å². The SMILES string of the molecule is Cn1cnc(CCNCC2CCCCCC2)n1. The molecular weight excluding hydrogens is 212 g/mol. The van der Waals surface area contributed by atoms with Gasteiger partial charge in [0.25, 0.3) is 0 Å². The van der Waals surface area contributed by atoms with Crippen molar-refractivity contribution in [2.24, 2.45) is 13.0 Å². The van der Waals surface area contributed by atoms with Gasteiger partial charge in [-0.2, -0.15) is 5.10 Å². The normalized spacial score (nSPS) is 18.2. The zero-order valence-corrected chi connectivity index (χ0v) is 10.9. The lowest BCUT2D eigenvalue weighted by Crippen LogP contribution is -2.25. The topological polar surface area (TPSA) is 42.7 Å². The van der Waals surface area contributed by atoms with Gasteiger partial charge in [-0.3, -0.25) is 4.68 Å². The molecule has 0 atom stereocenters. The van der Waals surface area contributed by atoms with Crippen molar-refractivity contribution in [2.75, 3.05) is 13.1 Å². The molecule has 0 aromatic carbocycles. The molecule has 0 saturated heterocycles. The Labute approximate surface area is 104 Å². The molecule has 2 rings (SSSR count). The summed E-state index contributed by atoms with van der Waals surface area (Å²) in [6.45, 7) is 2.17. The summed E-state index contributed by atoms with van der Waals surface area (Å²) in [5, 5.41) is 7.83. The van der Waals surface area contributed by atoms with Crippen molar-refractivity contribution < 1.29 is 0 Å². The summed E-state index contributed by atoms with van der Waals surface area (Å²) in [5.41, 5.74) is 0. The van der Waals surface area contributed by atoms with E-state index in [1.165, 1.54) is 45.1 Å². The predicted molar refractivity (Wildman–Crippen MR) is 68.8 cm³/mol. The van der Waals surface area contributed by atoms with Crippen LogP contribution in [-0.4, -0.2) is 27.9 Å². The highest BCUT2D eigenvalue weighted by molar-refractivity contribution is 4.82. The fraction of sp³-hybridized carbons (Fsp3) is 0.846. The van der Waals surface area contributed by atoms with E-state index in [0.717, 1.165) is 24.7 Å². The van der Waals surface area contributed by atoms with Gasteiger partial charge in [-0.15, -0.1) is 0 Å². The minimum absolute atomic E-state index is 0.897. The van der Waals surface area contributed by atoms with Gasteiger partial charge in [0.05, 0.1) is 0 Å². The number of nitrogens with one attached hydrogen (secondary N) is 1. The molecule has 0 spiro atoms. The zero-order valence-electron chi connectivity index (χ0n) is 10.9. The van der Waals surface area contributed by atoms with E-state index in [0.29, 0.717) is 0 Å². The van der Waals surface area contributed by atoms with Gasteiger partial charge >= 0.3 is 0 Å². The lowest BCUT2D eigenvalue weighted by Gasteiger charge is -2.14. The minimum Gasteiger partial charge on any atom is -0.316 e. The molecule has 1 fully saturated rings. The first-order chi connectivity index (χ1) is 8.34. The maximum absolute atomic E-state index is 4.28. The molecular formula is C13H24N4. The molecule has 0 bridgehead atoms. The summed E-state index contributed by atoms with van der Waals surface area (Å²) >= 11 is 0. The van der Waals surface area contributed by atoms with E-state index < -0.39 is 0 Å². The van der Waals surface area contributed by atoms with E-state index in [4.69, 9.17) is 0 Å². The number of nitrogens with zero attached hydrogens (tertiary/aromatic N) is 3. The molecule has 96 valence electrons. The van der Waals surface area contributed by atoms with Crippen LogP contribution < -0.4 is 5.32 Å². The maximum atomic E-state index is 4.28. The highest BCUT2D eigenvalue weighted by Gasteiger charge is 2.11. The van der Waals surface area contributed by atoms with Crippen molar-refractivity contribution in [3.05, 3.63) is 12.2 Å². The van der Waals surface area contributed by atoms with Crippen molar-refractivity contribution in [1.82, 2.24) is 20.1 Å².